The molecule has 0 amide bonds. The van der Waals surface area contributed by atoms with Gasteiger partial charge in [0.05, 0.1) is 9.83 Å². The molecule has 1 aromatic carbocycles. The van der Waals surface area contributed by atoms with E-state index in [0.29, 0.717) is 5.02 Å². The minimum absolute atomic E-state index is 0.00870. The first-order chi connectivity index (χ1) is 9.52. The zero-order valence-corrected chi connectivity index (χ0v) is 14.5. The Bertz CT molecular complexity index is 600. The summed E-state index contributed by atoms with van der Waals surface area (Å²) in [5, 5.41) is 3.95. The van der Waals surface area contributed by atoms with Crippen molar-refractivity contribution in [2.45, 2.75) is 26.3 Å². The van der Waals surface area contributed by atoms with Gasteiger partial charge in [0.15, 0.2) is 0 Å². The molecule has 2 aromatic rings. The monoisotopic (exact) mass is 375 g/mol. The van der Waals surface area contributed by atoms with Crippen molar-refractivity contribution in [3.8, 4) is 0 Å². The van der Waals surface area contributed by atoms with Gasteiger partial charge in [-0.1, -0.05) is 24.6 Å². The van der Waals surface area contributed by atoms with Crippen LogP contribution in [0.25, 0.3) is 0 Å². The molecule has 1 atom stereocenters. The molecule has 5 heteroatoms. The first-order valence-electron chi connectivity index (χ1n) is 6.47. The molecule has 20 heavy (non-hydrogen) atoms. The largest absolute Gasteiger partial charge is 0.306 e. The Morgan fingerprint density at radius 3 is 2.65 bits per heavy atom. The molecule has 0 saturated heterocycles. The minimum Gasteiger partial charge on any atom is -0.306 e. The lowest BCUT2D eigenvalue weighted by atomic mass is 9.99. The van der Waals surface area contributed by atoms with Crippen molar-refractivity contribution in [1.29, 1.82) is 0 Å². The summed E-state index contributed by atoms with van der Waals surface area (Å²) < 4.78 is 14.3. The molecule has 0 fully saturated rings. The maximum Gasteiger partial charge on any atom is 0.124 e. The second kappa shape index (κ2) is 7.03. The minimum atomic E-state index is -0.309. The third-order valence-corrected chi connectivity index (χ3v) is 5.01. The molecule has 1 unspecified atom stereocenters. The smallest absolute Gasteiger partial charge is 0.124 e. The second-order valence-electron chi connectivity index (χ2n) is 4.62. The lowest BCUT2D eigenvalue weighted by Crippen LogP contribution is -2.23. The van der Waals surface area contributed by atoms with E-state index in [1.165, 1.54) is 22.6 Å². The number of thiophene rings is 1. The van der Waals surface area contributed by atoms with Crippen molar-refractivity contribution in [2.24, 2.45) is 0 Å². The van der Waals surface area contributed by atoms with Crippen LogP contribution < -0.4 is 5.32 Å². The van der Waals surface area contributed by atoms with Gasteiger partial charge in [-0.25, -0.2) is 4.39 Å². The van der Waals surface area contributed by atoms with E-state index in [1.807, 2.05) is 0 Å². The number of halogens is 3. The van der Waals surface area contributed by atoms with E-state index in [-0.39, 0.29) is 11.9 Å². The van der Waals surface area contributed by atoms with E-state index in [2.05, 4.69) is 41.2 Å². The number of benzene rings is 1. The van der Waals surface area contributed by atoms with Crippen molar-refractivity contribution in [3.63, 3.8) is 0 Å². The highest BCUT2D eigenvalue weighted by molar-refractivity contribution is 9.11. The Morgan fingerprint density at radius 1 is 1.35 bits per heavy atom. The fourth-order valence-electron chi connectivity index (χ4n) is 2.16. The summed E-state index contributed by atoms with van der Waals surface area (Å²) in [5.41, 5.74) is 2.10. The van der Waals surface area contributed by atoms with Crippen LogP contribution in [0.3, 0.4) is 0 Å². The molecule has 0 saturated carbocycles. The SMILES string of the molecule is CCCNC(c1ccc(F)cc1Cl)c1cc(Br)sc1C. The Hall–Kier alpha value is -0.420. The molecule has 0 aliphatic rings. The van der Waals surface area contributed by atoms with Gasteiger partial charge in [0.25, 0.3) is 0 Å². The van der Waals surface area contributed by atoms with Crippen LogP contribution in [-0.2, 0) is 0 Å². The average molecular weight is 377 g/mol. The maximum absolute atomic E-state index is 13.2. The van der Waals surface area contributed by atoms with E-state index in [4.69, 9.17) is 11.6 Å². The normalized spacial score (nSPS) is 12.7. The summed E-state index contributed by atoms with van der Waals surface area (Å²) >= 11 is 11.4. The van der Waals surface area contributed by atoms with Crippen LogP contribution in [0.1, 0.15) is 35.4 Å². The quantitative estimate of drug-likeness (QED) is 0.705. The molecular formula is C15H16BrClFNS. The molecule has 1 heterocycles. The maximum atomic E-state index is 13.2. The standard InChI is InChI=1S/C15H16BrClFNS/c1-3-6-19-15(12-8-14(16)20-9(12)2)11-5-4-10(18)7-13(11)17/h4-5,7-8,15,19H,3,6H2,1-2H3. The number of hydrogen-bond acceptors (Lipinski definition) is 2. The Kier molecular flexibility index (Phi) is 5.61. The molecule has 0 aliphatic heterocycles. The number of rotatable bonds is 5. The van der Waals surface area contributed by atoms with Crippen LogP contribution in [0.2, 0.25) is 5.02 Å². The van der Waals surface area contributed by atoms with Gasteiger partial charge in [-0.2, -0.15) is 0 Å². The van der Waals surface area contributed by atoms with Gasteiger partial charge in [0.1, 0.15) is 5.82 Å². The molecular weight excluding hydrogens is 361 g/mol. The van der Waals surface area contributed by atoms with Crippen molar-refractivity contribution in [2.75, 3.05) is 6.54 Å². The first kappa shape index (κ1) is 16.0. The highest BCUT2D eigenvalue weighted by atomic mass is 79.9. The Morgan fingerprint density at radius 2 is 2.10 bits per heavy atom. The van der Waals surface area contributed by atoms with Crippen LogP contribution in [0.4, 0.5) is 4.39 Å². The zero-order chi connectivity index (χ0) is 14.7. The number of aryl methyl sites for hydroxylation is 1. The molecule has 108 valence electrons. The predicted octanol–water partition coefficient (Wildman–Crippen LogP) is 5.70. The van der Waals surface area contributed by atoms with Crippen LogP contribution >= 0.6 is 38.9 Å². The molecule has 1 nitrogen and oxygen atoms in total. The van der Waals surface area contributed by atoms with Gasteiger partial charge in [0, 0.05) is 9.90 Å². The molecule has 1 aromatic heterocycles. The zero-order valence-electron chi connectivity index (χ0n) is 11.3. The molecule has 0 radical (unpaired) electrons. The van der Waals surface area contributed by atoms with E-state index < -0.39 is 0 Å². The molecule has 0 spiro atoms. The van der Waals surface area contributed by atoms with E-state index >= 15 is 0 Å². The van der Waals surface area contributed by atoms with E-state index in [1.54, 1.807) is 17.4 Å². The summed E-state index contributed by atoms with van der Waals surface area (Å²) in [7, 11) is 0. The van der Waals surface area contributed by atoms with Crippen molar-refractivity contribution < 1.29 is 4.39 Å². The molecule has 0 aliphatic carbocycles. The third-order valence-electron chi connectivity index (χ3n) is 3.11. The molecule has 0 bridgehead atoms. The van der Waals surface area contributed by atoms with Gasteiger partial charge in [-0.05, 0) is 65.1 Å². The average Bonchev–Trinajstić information content (AvgIpc) is 2.71. The fraction of sp³-hybridized carbons (Fsp3) is 0.333. The van der Waals surface area contributed by atoms with Crippen LogP contribution in [0, 0.1) is 12.7 Å². The van der Waals surface area contributed by atoms with E-state index in [0.717, 1.165) is 22.3 Å². The van der Waals surface area contributed by atoms with Crippen molar-refractivity contribution >= 4 is 38.9 Å². The van der Waals surface area contributed by atoms with Crippen molar-refractivity contribution in [1.82, 2.24) is 5.32 Å². The van der Waals surface area contributed by atoms with Gasteiger partial charge < -0.3 is 5.32 Å². The third kappa shape index (κ3) is 3.61. The highest BCUT2D eigenvalue weighted by Crippen LogP contribution is 2.36. The predicted molar refractivity (Wildman–Crippen MR) is 88.3 cm³/mol. The highest BCUT2D eigenvalue weighted by Gasteiger charge is 2.20. The summed E-state index contributed by atoms with van der Waals surface area (Å²) in [5.74, 6) is -0.309. The summed E-state index contributed by atoms with van der Waals surface area (Å²) in [6, 6.07) is 6.68. The lowest BCUT2D eigenvalue weighted by Gasteiger charge is -2.20. The van der Waals surface area contributed by atoms with Gasteiger partial charge in [0.2, 0.25) is 0 Å². The number of nitrogens with one attached hydrogen (secondary N) is 1. The van der Waals surface area contributed by atoms with Crippen LogP contribution in [0.15, 0.2) is 28.1 Å². The molecule has 1 N–H and O–H groups in total. The second-order valence-corrected chi connectivity index (χ2v) is 7.66. The topological polar surface area (TPSA) is 12.0 Å². The van der Waals surface area contributed by atoms with Gasteiger partial charge >= 0.3 is 0 Å². The van der Waals surface area contributed by atoms with Crippen LogP contribution in [0.5, 0.6) is 0 Å². The van der Waals surface area contributed by atoms with Gasteiger partial charge in [-0.3, -0.25) is 0 Å². The van der Waals surface area contributed by atoms with Gasteiger partial charge in [-0.15, -0.1) is 11.3 Å². The Balaban J connectivity index is 2.44. The Labute approximate surface area is 136 Å². The first-order valence-corrected chi connectivity index (χ1v) is 8.45. The summed E-state index contributed by atoms with van der Waals surface area (Å²) in [6.45, 7) is 5.08. The molecule has 2 rings (SSSR count). The van der Waals surface area contributed by atoms with Crippen LogP contribution in [-0.4, -0.2) is 6.54 Å². The lowest BCUT2D eigenvalue weighted by molar-refractivity contribution is 0.592. The summed E-state index contributed by atoms with van der Waals surface area (Å²) in [6.07, 6.45) is 1.03. The van der Waals surface area contributed by atoms with E-state index in [9.17, 15) is 4.39 Å². The summed E-state index contributed by atoms with van der Waals surface area (Å²) in [4.78, 5) is 1.23. The number of hydrogen-bond donors (Lipinski definition) is 1. The fourth-order valence-corrected chi connectivity index (χ4v) is 4.18. The van der Waals surface area contributed by atoms with Crippen molar-refractivity contribution in [3.05, 3.63) is 54.9 Å².